The van der Waals surface area contributed by atoms with Gasteiger partial charge in [-0.15, -0.1) is 0 Å². The fourth-order valence-electron chi connectivity index (χ4n) is 2.99. The number of nitrogens with zero attached hydrogens (tertiary/aromatic N) is 3. The number of hydrogen-bond donors (Lipinski definition) is 0. The molecule has 22 heavy (non-hydrogen) atoms. The van der Waals surface area contributed by atoms with E-state index >= 15 is 0 Å². The van der Waals surface area contributed by atoms with Gasteiger partial charge in [0.05, 0.1) is 10.5 Å². The molecular formula is C18H16ClN3. The Balaban J connectivity index is 1.95. The molecule has 0 atom stereocenters. The van der Waals surface area contributed by atoms with Crippen molar-refractivity contribution >= 4 is 28.3 Å². The van der Waals surface area contributed by atoms with Gasteiger partial charge in [-0.1, -0.05) is 35.9 Å². The molecule has 1 aromatic heterocycles. The van der Waals surface area contributed by atoms with Crippen LogP contribution in [-0.2, 0) is 0 Å². The van der Waals surface area contributed by atoms with Gasteiger partial charge in [0.2, 0.25) is 0 Å². The molecule has 2 aromatic carbocycles. The van der Waals surface area contributed by atoms with E-state index < -0.39 is 0 Å². The Morgan fingerprint density at radius 1 is 0.864 bits per heavy atom. The van der Waals surface area contributed by atoms with Crippen molar-refractivity contribution in [3.05, 3.63) is 53.6 Å². The first-order valence-electron chi connectivity index (χ1n) is 7.59. The number of fused-ring (bicyclic) bond motifs is 1. The molecule has 3 nitrogen and oxygen atoms in total. The molecule has 1 aliphatic rings. The largest absolute Gasteiger partial charge is 0.356 e. The van der Waals surface area contributed by atoms with E-state index in [0.717, 1.165) is 35.4 Å². The van der Waals surface area contributed by atoms with Crippen LogP contribution in [0.1, 0.15) is 12.8 Å². The van der Waals surface area contributed by atoms with E-state index in [1.807, 2.05) is 42.5 Å². The summed E-state index contributed by atoms with van der Waals surface area (Å²) in [4.78, 5) is 11.9. The molecule has 110 valence electrons. The van der Waals surface area contributed by atoms with Gasteiger partial charge in [-0.05, 0) is 37.1 Å². The Bertz CT molecular complexity index is 825. The summed E-state index contributed by atoms with van der Waals surface area (Å²) < 4.78 is 0. The third-order valence-corrected chi connectivity index (χ3v) is 4.43. The highest BCUT2D eigenvalue weighted by atomic mass is 35.5. The van der Waals surface area contributed by atoms with Crippen LogP contribution in [0.2, 0.25) is 5.02 Å². The van der Waals surface area contributed by atoms with Crippen molar-refractivity contribution in [2.75, 3.05) is 18.0 Å². The molecule has 1 saturated heterocycles. The van der Waals surface area contributed by atoms with E-state index in [1.165, 1.54) is 12.8 Å². The molecule has 0 amide bonds. The van der Waals surface area contributed by atoms with Gasteiger partial charge >= 0.3 is 0 Å². The third kappa shape index (κ3) is 2.32. The first-order chi connectivity index (χ1) is 10.8. The van der Waals surface area contributed by atoms with Gasteiger partial charge in [0, 0.05) is 24.0 Å². The molecule has 0 N–H and O–H groups in total. The Morgan fingerprint density at radius 3 is 2.41 bits per heavy atom. The molecule has 4 heteroatoms. The zero-order valence-corrected chi connectivity index (χ0v) is 12.9. The first-order valence-corrected chi connectivity index (χ1v) is 7.97. The van der Waals surface area contributed by atoms with E-state index in [2.05, 4.69) is 11.0 Å². The summed E-state index contributed by atoms with van der Waals surface area (Å²) in [7, 11) is 0. The highest BCUT2D eigenvalue weighted by Gasteiger charge is 2.19. The highest BCUT2D eigenvalue weighted by Crippen LogP contribution is 2.31. The quantitative estimate of drug-likeness (QED) is 0.695. The Kier molecular flexibility index (Phi) is 3.43. The minimum atomic E-state index is 0.685. The fraction of sp³-hybridized carbons (Fsp3) is 0.222. The molecule has 2 heterocycles. The Labute approximate surface area is 134 Å². The molecule has 0 spiro atoms. The van der Waals surface area contributed by atoms with Crippen LogP contribution in [0.25, 0.3) is 22.3 Å². The average molecular weight is 310 g/mol. The van der Waals surface area contributed by atoms with Gasteiger partial charge in [-0.25, -0.2) is 9.97 Å². The number of rotatable bonds is 2. The van der Waals surface area contributed by atoms with Crippen molar-refractivity contribution in [1.82, 2.24) is 9.97 Å². The molecule has 0 radical (unpaired) electrons. The van der Waals surface area contributed by atoms with E-state index in [1.54, 1.807) is 0 Å². The van der Waals surface area contributed by atoms with Crippen LogP contribution in [-0.4, -0.2) is 23.1 Å². The normalized spacial score (nSPS) is 14.7. The zero-order chi connectivity index (χ0) is 14.9. The summed E-state index contributed by atoms with van der Waals surface area (Å²) in [6.07, 6.45) is 2.44. The van der Waals surface area contributed by atoms with Crippen molar-refractivity contribution < 1.29 is 0 Å². The minimum absolute atomic E-state index is 0.685. The van der Waals surface area contributed by atoms with Gasteiger partial charge < -0.3 is 4.90 Å². The van der Waals surface area contributed by atoms with Crippen LogP contribution in [0, 0.1) is 0 Å². The second-order valence-electron chi connectivity index (χ2n) is 5.56. The molecule has 0 saturated carbocycles. The molecule has 0 aliphatic carbocycles. The van der Waals surface area contributed by atoms with Gasteiger partial charge in [0.25, 0.3) is 0 Å². The second kappa shape index (κ2) is 5.58. The molecule has 1 fully saturated rings. The van der Waals surface area contributed by atoms with Gasteiger partial charge in [0.15, 0.2) is 5.82 Å². The maximum atomic E-state index is 6.33. The van der Waals surface area contributed by atoms with Crippen molar-refractivity contribution in [2.24, 2.45) is 0 Å². The van der Waals surface area contributed by atoms with Crippen LogP contribution in [0.15, 0.2) is 48.5 Å². The lowest BCUT2D eigenvalue weighted by molar-refractivity contribution is 0.941. The lowest BCUT2D eigenvalue weighted by atomic mass is 10.1. The smallest absolute Gasteiger partial charge is 0.163 e. The maximum Gasteiger partial charge on any atom is 0.163 e. The van der Waals surface area contributed by atoms with Crippen molar-refractivity contribution in [3.63, 3.8) is 0 Å². The fourth-order valence-corrected chi connectivity index (χ4v) is 3.21. The van der Waals surface area contributed by atoms with Crippen molar-refractivity contribution in [1.29, 1.82) is 0 Å². The van der Waals surface area contributed by atoms with Crippen LogP contribution in [0.4, 0.5) is 5.82 Å². The van der Waals surface area contributed by atoms with E-state index in [4.69, 9.17) is 21.6 Å². The second-order valence-corrected chi connectivity index (χ2v) is 5.97. The Morgan fingerprint density at radius 2 is 1.59 bits per heavy atom. The highest BCUT2D eigenvalue weighted by molar-refractivity contribution is 6.33. The summed E-state index contributed by atoms with van der Waals surface area (Å²) in [6.45, 7) is 2.12. The number of hydrogen-bond acceptors (Lipinski definition) is 3. The molecular weight excluding hydrogens is 294 g/mol. The van der Waals surface area contributed by atoms with Crippen LogP contribution in [0.5, 0.6) is 0 Å². The predicted octanol–water partition coefficient (Wildman–Crippen LogP) is 4.55. The van der Waals surface area contributed by atoms with E-state index in [-0.39, 0.29) is 0 Å². The van der Waals surface area contributed by atoms with Gasteiger partial charge in [0.1, 0.15) is 5.82 Å². The standard InChI is InChI=1S/C18H16ClN3/c19-15-9-3-1-7-13(15)17-20-16-10-4-2-8-14(16)18(21-17)22-11-5-6-12-22/h1-4,7-10H,5-6,11-12H2. The maximum absolute atomic E-state index is 6.33. The van der Waals surface area contributed by atoms with Crippen LogP contribution < -0.4 is 4.90 Å². The van der Waals surface area contributed by atoms with E-state index in [9.17, 15) is 0 Å². The Hall–Kier alpha value is -2.13. The SMILES string of the molecule is Clc1ccccc1-c1nc(N2CCCC2)c2ccccc2n1. The number of para-hydroxylation sites is 1. The monoisotopic (exact) mass is 309 g/mol. The topological polar surface area (TPSA) is 29.0 Å². The summed E-state index contributed by atoms with van der Waals surface area (Å²) in [6, 6.07) is 15.9. The van der Waals surface area contributed by atoms with Crippen LogP contribution >= 0.6 is 11.6 Å². The summed E-state index contributed by atoms with van der Waals surface area (Å²) in [5, 5.41) is 1.80. The average Bonchev–Trinajstić information content (AvgIpc) is 3.08. The third-order valence-electron chi connectivity index (χ3n) is 4.10. The van der Waals surface area contributed by atoms with Crippen LogP contribution in [0.3, 0.4) is 0 Å². The van der Waals surface area contributed by atoms with Crippen molar-refractivity contribution in [3.8, 4) is 11.4 Å². The molecule has 0 unspecified atom stereocenters. The van der Waals surface area contributed by atoms with Gasteiger partial charge in [-0.3, -0.25) is 0 Å². The molecule has 3 aromatic rings. The lowest BCUT2D eigenvalue weighted by Gasteiger charge is -2.19. The summed E-state index contributed by atoms with van der Waals surface area (Å²) in [5.74, 6) is 1.73. The molecule has 1 aliphatic heterocycles. The van der Waals surface area contributed by atoms with Crippen molar-refractivity contribution in [2.45, 2.75) is 12.8 Å². The zero-order valence-electron chi connectivity index (χ0n) is 12.2. The summed E-state index contributed by atoms with van der Waals surface area (Å²) >= 11 is 6.33. The predicted molar refractivity (Wildman–Crippen MR) is 91.4 cm³/mol. The minimum Gasteiger partial charge on any atom is -0.356 e. The number of halogens is 1. The molecule has 4 rings (SSSR count). The lowest BCUT2D eigenvalue weighted by Crippen LogP contribution is -2.20. The molecule has 0 bridgehead atoms. The number of benzene rings is 2. The summed E-state index contributed by atoms with van der Waals surface area (Å²) in [5.41, 5.74) is 1.85. The number of aromatic nitrogens is 2. The van der Waals surface area contributed by atoms with E-state index in [0.29, 0.717) is 10.8 Å². The number of anilines is 1. The first kappa shape index (κ1) is 13.5. The van der Waals surface area contributed by atoms with Gasteiger partial charge in [-0.2, -0.15) is 0 Å².